The monoisotopic (exact) mass is 277 g/mol. The topological polar surface area (TPSA) is 41.7 Å². The molecule has 0 aliphatic carbocycles. The molecule has 0 saturated carbocycles. The Morgan fingerprint density at radius 3 is 2.75 bits per heavy atom. The maximum Gasteiger partial charge on any atom is 0.123 e. The molecule has 112 valence electrons. The quantitative estimate of drug-likeness (QED) is 0.859. The van der Waals surface area contributed by atoms with E-state index in [9.17, 15) is 0 Å². The standard InChI is InChI=1S/C16H27N3O/c1-4-14-12-18(3)7-6-8-19(14)15-9-13(17)10-16(11-15)20-5-2/h9-11,14H,4-8,12,17H2,1-3H3. The van der Waals surface area contributed by atoms with Crippen LogP contribution < -0.4 is 15.4 Å². The van der Waals surface area contributed by atoms with Crippen molar-refractivity contribution in [2.75, 3.05) is 43.9 Å². The third kappa shape index (κ3) is 3.57. The van der Waals surface area contributed by atoms with Gasteiger partial charge in [0.25, 0.3) is 0 Å². The van der Waals surface area contributed by atoms with Crippen LogP contribution in [0.25, 0.3) is 0 Å². The summed E-state index contributed by atoms with van der Waals surface area (Å²) in [5.74, 6) is 0.870. The number of rotatable bonds is 4. The highest BCUT2D eigenvalue weighted by Gasteiger charge is 2.22. The Morgan fingerprint density at radius 1 is 1.25 bits per heavy atom. The highest BCUT2D eigenvalue weighted by Crippen LogP contribution is 2.29. The fourth-order valence-electron chi connectivity index (χ4n) is 2.95. The van der Waals surface area contributed by atoms with Gasteiger partial charge in [-0.15, -0.1) is 0 Å². The van der Waals surface area contributed by atoms with Crippen molar-refractivity contribution >= 4 is 11.4 Å². The van der Waals surface area contributed by atoms with Gasteiger partial charge in [0.1, 0.15) is 5.75 Å². The van der Waals surface area contributed by atoms with E-state index < -0.39 is 0 Å². The number of hydrogen-bond donors (Lipinski definition) is 1. The normalized spacial score (nSPS) is 20.8. The van der Waals surface area contributed by atoms with E-state index in [0.29, 0.717) is 12.6 Å². The summed E-state index contributed by atoms with van der Waals surface area (Å²) in [6.45, 7) is 8.27. The fraction of sp³-hybridized carbons (Fsp3) is 0.625. The molecule has 1 aromatic carbocycles. The lowest BCUT2D eigenvalue weighted by Gasteiger charge is -2.32. The molecule has 1 atom stereocenters. The summed E-state index contributed by atoms with van der Waals surface area (Å²) in [4.78, 5) is 4.91. The van der Waals surface area contributed by atoms with E-state index in [4.69, 9.17) is 10.5 Å². The molecule has 0 radical (unpaired) electrons. The van der Waals surface area contributed by atoms with Gasteiger partial charge in [-0.05, 0) is 39.4 Å². The van der Waals surface area contributed by atoms with Crippen LogP contribution in [0.5, 0.6) is 5.75 Å². The maximum absolute atomic E-state index is 6.03. The zero-order chi connectivity index (χ0) is 14.5. The average molecular weight is 277 g/mol. The van der Waals surface area contributed by atoms with E-state index in [-0.39, 0.29) is 0 Å². The summed E-state index contributed by atoms with van der Waals surface area (Å²) < 4.78 is 5.62. The molecule has 1 aliphatic rings. The SMILES string of the molecule is CCOc1cc(N)cc(N2CCCN(C)CC2CC)c1. The van der Waals surface area contributed by atoms with Gasteiger partial charge in [-0.25, -0.2) is 0 Å². The molecule has 1 unspecified atom stereocenters. The van der Waals surface area contributed by atoms with Crippen molar-refractivity contribution in [2.24, 2.45) is 0 Å². The highest BCUT2D eigenvalue weighted by molar-refractivity contribution is 5.61. The van der Waals surface area contributed by atoms with Gasteiger partial charge in [-0.2, -0.15) is 0 Å². The number of benzene rings is 1. The first-order valence-electron chi connectivity index (χ1n) is 7.62. The van der Waals surface area contributed by atoms with E-state index in [0.717, 1.165) is 37.5 Å². The van der Waals surface area contributed by atoms with E-state index in [2.05, 4.69) is 35.9 Å². The van der Waals surface area contributed by atoms with Crippen molar-refractivity contribution < 1.29 is 4.74 Å². The van der Waals surface area contributed by atoms with Gasteiger partial charge in [-0.3, -0.25) is 0 Å². The van der Waals surface area contributed by atoms with Crippen LogP contribution in [0.4, 0.5) is 11.4 Å². The van der Waals surface area contributed by atoms with Crippen LogP contribution >= 0.6 is 0 Å². The molecule has 0 spiro atoms. The van der Waals surface area contributed by atoms with Gasteiger partial charge in [0.15, 0.2) is 0 Å². The first kappa shape index (κ1) is 15.0. The summed E-state index contributed by atoms with van der Waals surface area (Å²) in [5, 5.41) is 0. The minimum absolute atomic E-state index is 0.541. The van der Waals surface area contributed by atoms with Crippen molar-refractivity contribution in [1.82, 2.24) is 4.90 Å². The number of anilines is 2. The molecule has 0 amide bonds. The molecule has 1 fully saturated rings. The Kier molecular flexibility index (Phi) is 5.12. The zero-order valence-corrected chi connectivity index (χ0v) is 12.9. The second-order valence-corrected chi connectivity index (χ2v) is 5.56. The average Bonchev–Trinajstić information content (AvgIpc) is 2.59. The van der Waals surface area contributed by atoms with Crippen molar-refractivity contribution in [2.45, 2.75) is 32.7 Å². The van der Waals surface area contributed by atoms with Crippen LogP contribution in [-0.2, 0) is 0 Å². The number of hydrogen-bond acceptors (Lipinski definition) is 4. The van der Waals surface area contributed by atoms with E-state index in [1.807, 2.05) is 13.0 Å². The van der Waals surface area contributed by atoms with Gasteiger partial charge in [0.2, 0.25) is 0 Å². The molecule has 4 nitrogen and oxygen atoms in total. The summed E-state index contributed by atoms with van der Waals surface area (Å²) >= 11 is 0. The van der Waals surface area contributed by atoms with E-state index in [1.54, 1.807) is 0 Å². The Morgan fingerprint density at radius 2 is 2.05 bits per heavy atom. The molecular weight excluding hydrogens is 250 g/mol. The summed E-state index contributed by atoms with van der Waals surface area (Å²) in [6.07, 6.45) is 2.33. The third-order valence-corrected chi connectivity index (χ3v) is 3.93. The first-order chi connectivity index (χ1) is 9.63. The minimum atomic E-state index is 0.541. The number of nitrogen functional groups attached to an aromatic ring is 1. The molecule has 0 bridgehead atoms. The molecule has 20 heavy (non-hydrogen) atoms. The van der Waals surface area contributed by atoms with Crippen LogP contribution in [0.1, 0.15) is 26.7 Å². The van der Waals surface area contributed by atoms with Crippen molar-refractivity contribution in [1.29, 1.82) is 0 Å². The van der Waals surface area contributed by atoms with E-state index >= 15 is 0 Å². The van der Waals surface area contributed by atoms with Crippen molar-refractivity contribution in [3.8, 4) is 5.75 Å². The van der Waals surface area contributed by atoms with E-state index in [1.165, 1.54) is 12.1 Å². The van der Waals surface area contributed by atoms with Crippen LogP contribution in [0.2, 0.25) is 0 Å². The lowest BCUT2D eigenvalue weighted by molar-refractivity contribution is 0.327. The van der Waals surface area contributed by atoms with Crippen molar-refractivity contribution in [3.63, 3.8) is 0 Å². The fourth-order valence-corrected chi connectivity index (χ4v) is 2.95. The summed E-state index contributed by atoms with van der Waals surface area (Å²) in [7, 11) is 2.21. The van der Waals surface area contributed by atoms with Crippen LogP contribution in [-0.4, -0.2) is 44.2 Å². The molecule has 0 aromatic heterocycles. The van der Waals surface area contributed by atoms with Gasteiger partial charge in [0.05, 0.1) is 6.61 Å². The molecule has 1 aliphatic heterocycles. The minimum Gasteiger partial charge on any atom is -0.494 e. The second kappa shape index (κ2) is 6.84. The summed E-state index contributed by atoms with van der Waals surface area (Å²) in [5.41, 5.74) is 8.00. The summed E-state index contributed by atoms with van der Waals surface area (Å²) in [6, 6.07) is 6.63. The number of likely N-dealkylation sites (N-methyl/N-ethyl adjacent to an activating group) is 1. The Bertz CT molecular complexity index is 436. The number of ether oxygens (including phenoxy) is 1. The number of nitrogens with zero attached hydrogens (tertiary/aromatic N) is 2. The Balaban J connectivity index is 2.27. The van der Waals surface area contributed by atoms with Gasteiger partial charge in [0, 0.05) is 42.6 Å². The molecule has 2 rings (SSSR count). The Labute approximate surface area is 122 Å². The number of nitrogens with two attached hydrogens (primary N) is 1. The lowest BCUT2D eigenvalue weighted by atomic mass is 10.1. The second-order valence-electron chi connectivity index (χ2n) is 5.56. The smallest absolute Gasteiger partial charge is 0.123 e. The molecule has 1 heterocycles. The van der Waals surface area contributed by atoms with Gasteiger partial charge >= 0.3 is 0 Å². The zero-order valence-electron chi connectivity index (χ0n) is 12.9. The predicted molar refractivity (Wildman–Crippen MR) is 85.6 cm³/mol. The van der Waals surface area contributed by atoms with Crippen LogP contribution in [0.3, 0.4) is 0 Å². The molecule has 1 aromatic rings. The highest BCUT2D eigenvalue weighted by atomic mass is 16.5. The maximum atomic E-state index is 6.03. The van der Waals surface area contributed by atoms with Crippen LogP contribution in [0.15, 0.2) is 18.2 Å². The third-order valence-electron chi connectivity index (χ3n) is 3.93. The Hall–Kier alpha value is -1.42. The first-order valence-corrected chi connectivity index (χ1v) is 7.62. The molecule has 4 heteroatoms. The largest absolute Gasteiger partial charge is 0.494 e. The predicted octanol–water partition coefficient (Wildman–Crippen LogP) is 2.59. The van der Waals surface area contributed by atoms with Crippen molar-refractivity contribution in [3.05, 3.63) is 18.2 Å². The molecule has 2 N–H and O–H groups in total. The lowest BCUT2D eigenvalue weighted by Crippen LogP contribution is -2.39. The molecule has 1 saturated heterocycles. The van der Waals surface area contributed by atoms with Gasteiger partial charge < -0.3 is 20.3 Å². The molecular formula is C16H27N3O. The van der Waals surface area contributed by atoms with Crippen LogP contribution in [0, 0.1) is 0 Å². The van der Waals surface area contributed by atoms with Gasteiger partial charge in [-0.1, -0.05) is 6.92 Å².